The zero-order valence-corrected chi connectivity index (χ0v) is 33.5. The molecule has 290 valence electrons. The van der Waals surface area contributed by atoms with Crippen molar-refractivity contribution in [3.63, 3.8) is 0 Å². The summed E-state index contributed by atoms with van der Waals surface area (Å²) in [5, 5.41) is 15.5. The Morgan fingerprint density at radius 1 is 0.452 bits per heavy atom. The second kappa shape index (κ2) is 13.6. The van der Waals surface area contributed by atoms with Crippen molar-refractivity contribution in [3.8, 4) is 16.8 Å². The number of hydrogen-bond donors (Lipinski definition) is 1. The monoisotopic (exact) mass is 792 g/mol. The molecule has 0 saturated heterocycles. The van der Waals surface area contributed by atoms with Gasteiger partial charge in [0.2, 0.25) is 0 Å². The quantitative estimate of drug-likeness (QED) is 0.189. The second-order valence-electron chi connectivity index (χ2n) is 16.2. The van der Waals surface area contributed by atoms with Gasteiger partial charge in [-0.1, -0.05) is 152 Å². The molecule has 62 heavy (non-hydrogen) atoms. The highest BCUT2D eigenvalue weighted by molar-refractivity contribution is 6.23. The van der Waals surface area contributed by atoms with Crippen molar-refractivity contribution < 1.29 is 4.42 Å². The molecule has 0 amide bonds. The van der Waals surface area contributed by atoms with Crippen molar-refractivity contribution >= 4 is 87.7 Å². The van der Waals surface area contributed by atoms with Gasteiger partial charge in [-0.25, -0.2) is 9.98 Å². The number of nitrogens with one attached hydrogen (secondary N) is 1. The van der Waals surface area contributed by atoms with E-state index in [0.29, 0.717) is 5.84 Å². The highest BCUT2D eigenvalue weighted by atomic mass is 16.3. The van der Waals surface area contributed by atoms with Crippen LogP contribution in [0.5, 0.6) is 0 Å². The molecular weight excluding hydrogens is 757 g/mol. The van der Waals surface area contributed by atoms with E-state index >= 15 is 0 Å². The first-order chi connectivity index (χ1) is 30.7. The molecule has 2 aromatic heterocycles. The van der Waals surface area contributed by atoms with E-state index < -0.39 is 0 Å². The van der Waals surface area contributed by atoms with Crippen LogP contribution in [0.1, 0.15) is 22.9 Å². The van der Waals surface area contributed by atoms with Crippen LogP contribution >= 0.6 is 0 Å². The largest absolute Gasteiger partial charge is 0.455 e. The molecule has 13 rings (SSSR count). The van der Waals surface area contributed by atoms with Crippen LogP contribution < -0.4 is 5.32 Å². The van der Waals surface area contributed by atoms with Gasteiger partial charge in [0, 0.05) is 32.8 Å². The maximum absolute atomic E-state index is 6.97. The number of nitrogens with zero attached hydrogens (tertiary/aromatic N) is 3. The van der Waals surface area contributed by atoms with Gasteiger partial charge in [-0.2, -0.15) is 0 Å². The Balaban J connectivity index is 1.00. The molecule has 1 atom stereocenters. The van der Waals surface area contributed by atoms with Crippen LogP contribution in [-0.2, 0) is 0 Å². The molecule has 0 saturated carbocycles. The van der Waals surface area contributed by atoms with Crippen LogP contribution in [0.15, 0.2) is 221 Å². The SMILES string of the molecule is c1ccc(C2=NC(c3ccccc3)NC(c3ccc(-c4ccc(-n5c6cc7ccccc7cc6c6cc7ccccc7cc65)cc4)c4c3oc3cc5ccccc5cc34)=N2)cc1. The molecule has 1 unspecified atom stereocenters. The number of rotatable bonds is 5. The third kappa shape index (κ3) is 5.49. The van der Waals surface area contributed by atoms with Crippen molar-refractivity contribution in [1.29, 1.82) is 0 Å². The van der Waals surface area contributed by atoms with Crippen LogP contribution in [-0.4, -0.2) is 16.2 Å². The zero-order chi connectivity index (χ0) is 40.7. The van der Waals surface area contributed by atoms with E-state index in [1.807, 2.05) is 36.4 Å². The smallest absolute Gasteiger partial charge is 0.159 e. The first-order valence-electron chi connectivity index (χ1n) is 21.1. The number of fused-ring (bicyclic) bond motifs is 9. The number of benzene rings is 10. The Hall–Kier alpha value is -8.28. The summed E-state index contributed by atoms with van der Waals surface area (Å²) in [4.78, 5) is 10.3. The number of aliphatic imine (C=N–C) groups is 2. The average Bonchev–Trinajstić information content (AvgIpc) is 3.86. The topological polar surface area (TPSA) is 54.8 Å². The van der Waals surface area contributed by atoms with E-state index in [4.69, 9.17) is 14.4 Å². The molecule has 10 aromatic carbocycles. The van der Waals surface area contributed by atoms with Gasteiger partial charge in [-0.15, -0.1) is 0 Å². The van der Waals surface area contributed by atoms with Crippen LogP contribution in [0, 0.1) is 0 Å². The number of hydrogen-bond acceptors (Lipinski definition) is 4. The molecule has 1 aliphatic rings. The van der Waals surface area contributed by atoms with E-state index in [0.717, 1.165) is 72.1 Å². The van der Waals surface area contributed by atoms with Gasteiger partial charge in [-0.05, 0) is 104 Å². The third-order valence-electron chi connectivity index (χ3n) is 12.6. The molecular formula is C57H36N4O. The van der Waals surface area contributed by atoms with E-state index in [1.165, 1.54) is 43.4 Å². The molecule has 0 aliphatic carbocycles. The van der Waals surface area contributed by atoms with E-state index in [1.54, 1.807) is 0 Å². The molecule has 5 nitrogen and oxygen atoms in total. The lowest BCUT2D eigenvalue weighted by Gasteiger charge is -2.24. The molecule has 3 heterocycles. The van der Waals surface area contributed by atoms with E-state index in [-0.39, 0.29) is 6.17 Å². The fourth-order valence-corrected chi connectivity index (χ4v) is 9.56. The van der Waals surface area contributed by atoms with Gasteiger partial charge in [0.1, 0.15) is 23.2 Å². The minimum Gasteiger partial charge on any atom is -0.455 e. The van der Waals surface area contributed by atoms with Crippen LogP contribution in [0.4, 0.5) is 0 Å². The fourth-order valence-electron chi connectivity index (χ4n) is 9.56. The van der Waals surface area contributed by atoms with Gasteiger partial charge in [0.25, 0.3) is 0 Å². The Kier molecular flexibility index (Phi) is 7.60. The van der Waals surface area contributed by atoms with E-state index in [2.05, 4.69) is 180 Å². The molecule has 5 heteroatoms. The van der Waals surface area contributed by atoms with Crippen LogP contribution in [0.25, 0.3) is 92.9 Å². The molecule has 12 aromatic rings. The lowest BCUT2D eigenvalue weighted by molar-refractivity contribution is 0.660. The number of aromatic nitrogens is 1. The van der Waals surface area contributed by atoms with Gasteiger partial charge in [0.15, 0.2) is 5.84 Å². The van der Waals surface area contributed by atoms with Gasteiger partial charge in [-0.3, -0.25) is 0 Å². The first-order valence-corrected chi connectivity index (χ1v) is 21.1. The lowest BCUT2D eigenvalue weighted by atomic mass is 9.95. The highest BCUT2D eigenvalue weighted by Crippen LogP contribution is 2.42. The van der Waals surface area contributed by atoms with Crippen molar-refractivity contribution in [2.75, 3.05) is 0 Å². The predicted molar refractivity (Wildman–Crippen MR) is 258 cm³/mol. The van der Waals surface area contributed by atoms with Crippen molar-refractivity contribution in [1.82, 2.24) is 9.88 Å². The Morgan fingerprint density at radius 2 is 0.968 bits per heavy atom. The average molecular weight is 793 g/mol. The van der Waals surface area contributed by atoms with Gasteiger partial charge >= 0.3 is 0 Å². The molecule has 0 fully saturated rings. The normalized spacial score (nSPS) is 14.3. The summed E-state index contributed by atoms with van der Waals surface area (Å²) >= 11 is 0. The summed E-state index contributed by atoms with van der Waals surface area (Å²) in [6.45, 7) is 0. The Bertz CT molecular complexity index is 3730. The summed E-state index contributed by atoms with van der Waals surface area (Å²) in [6, 6.07) is 73.5. The van der Waals surface area contributed by atoms with Gasteiger partial charge < -0.3 is 14.3 Å². The maximum atomic E-state index is 6.97. The minimum absolute atomic E-state index is 0.329. The Labute approximate surface area is 356 Å². The highest BCUT2D eigenvalue weighted by Gasteiger charge is 2.26. The summed E-state index contributed by atoms with van der Waals surface area (Å²) in [5.74, 6) is 1.39. The summed E-state index contributed by atoms with van der Waals surface area (Å²) in [5.41, 5.74) is 10.2. The maximum Gasteiger partial charge on any atom is 0.159 e. The van der Waals surface area contributed by atoms with Crippen molar-refractivity contribution in [2.24, 2.45) is 9.98 Å². The van der Waals surface area contributed by atoms with Crippen LogP contribution in [0.3, 0.4) is 0 Å². The third-order valence-corrected chi connectivity index (χ3v) is 12.6. The number of furan rings is 1. The lowest BCUT2D eigenvalue weighted by Crippen LogP contribution is -2.33. The molecule has 0 radical (unpaired) electrons. The van der Waals surface area contributed by atoms with Crippen molar-refractivity contribution in [3.05, 3.63) is 223 Å². The number of amidine groups is 2. The standard InChI is InChI=1S/C57H36N4O/c1-3-13-36(14-4-1)55-58-56(37-15-5-2-6-16-37)60-57(59-55)46-28-27-45(53-49-31-40-19-9-12-22-43(40)34-52(49)62-54(46)53)35-23-25-44(26-24-35)61-50-32-41-20-10-7-17-38(41)29-47(50)48-30-39-18-8-11-21-42(39)33-51(48)61/h1-34,55H,(H,58,59,60). The molecule has 0 spiro atoms. The minimum atomic E-state index is -0.329. The Morgan fingerprint density at radius 3 is 1.58 bits per heavy atom. The molecule has 0 bridgehead atoms. The fraction of sp³-hybridized carbons (Fsp3) is 0.0175. The first kappa shape index (κ1) is 34.6. The van der Waals surface area contributed by atoms with Crippen LogP contribution in [0.2, 0.25) is 0 Å². The molecule has 1 N–H and O–H groups in total. The van der Waals surface area contributed by atoms with Gasteiger partial charge in [0.05, 0.1) is 16.6 Å². The zero-order valence-electron chi connectivity index (χ0n) is 33.5. The predicted octanol–water partition coefficient (Wildman–Crippen LogP) is 14.3. The molecule has 1 aliphatic heterocycles. The summed E-state index contributed by atoms with van der Waals surface area (Å²) in [7, 11) is 0. The second-order valence-corrected chi connectivity index (χ2v) is 16.2. The van der Waals surface area contributed by atoms with Crippen molar-refractivity contribution in [2.45, 2.75) is 6.17 Å². The summed E-state index contributed by atoms with van der Waals surface area (Å²) in [6.07, 6.45) is -0.329. The van der Waals surface area contributed by atoms with E-state index in [9.17, 15) is 0 Å². The summed E-state index contributed by atoms with van der Waals surface area (Å²) < 4.78 is 9.40.